The molecule has 0 fully saturated rings. The number of halogens is 4. The number of ketones is 1. The van der Waals surface area contributed by atoms with E-state index in [4.69, 9.17) is 0 Å². The lowest BCUT2D eigenvalue weighted by molar-refractivity contribution is -0.144. The van der Waals surface area contributed by atoms with Gasteiger partial charge in [0, 0.05) is 0 Å². The van der Waals surface area contributed by atoms with E-state index in [1.165, 1.54) is 6.92 Å². The Balaban J connectivity index is 3.98. The van der Waals surface area contributed by atoms with Crippen LogP contribution >= 0.6 is 22.6 Å². The lowest BCUT2D eigenvalue weighted by Crippen LogP contribution is -2.11. The summed E-state index contributed by atoms with van der Waals surface area (Å²) in [6.45, 7) is 0.709. The van der Waals surface area contributed by atoms with Crippen LogP contribution in [0.3, 0.4) is 0 Å². The minimum Gasteiger partial charge on any atom is -0.461 e. The molecule has 0 aliphatic rings. The quantitative estimate of drug-likeness (QED) is 0.450. The summed E-state index contributed by atoms with van der Waals surface area (Å²) < 4.78 is 39.3. The van der Waals surface area contributed by atoms with Gasteiger partial charge >= 0.3 is 12.1 Å². The topological polar surface area (TPSA) is 43.4 Å². The second-order valence-electron chi connectivity index (χ2n) is 2.61. The van der Waals surface area contributed by atoms with Crippen molar-refractivity contribution in [3.8, 4) is 0 Å². The van der Waals surface area contributed by atoms with Gasteiger partial charge < -0.3 is 4.74 Å². The molecule has 0 heterocycles. The molecule has 0 unspecified atom stereocenters. The number of alkyl halides is 3. The van der Waals surface area contributed by atoms with Crippen LogP contribution in [0, 0.1) is 0 Å². The Hall–Kier alpha value is -0.600. The van der Waals surface area contributed by atoms with Crippen molar-refractivity contribution in [3.05, 3.63) is 9.66 Å². The zero-order chi connectivity index (χ0) is 12.1. The average Bonchev–Trinajstić information content (AvgIpc) is 2.00. The van der Waals surface area contributed by atoms with E-state index in [0.717, 1.165) is 28.7 Å². The first-order valence-corrected chi connectivity index (χ1v) is 4.89. The van der Waals surface area contributed by atoms with Crippen molar-refractivity contribution in [2.45, 2.75) is 19.5 Å². The second-order valence-corrected chi connectivity index (χ2v) is 3.77. The van der Waals surface area contributed by atoms with E-state index in [9.17, 15) is 22.8 Å². The zero-order valence-corrected chi connectivity index (χ0v) is 9.89. The molecular formula is C8H8F3IO3. The molecule has 3 nitrogen and oxygen atoms in total. The lowest BCUT2D eigenvalue weighted by atomic mass is 10.3. The molecule has 0 amide bonds. The van der Waals surface area contributed by atoms with Crippen molar-refractivity contribution in [1.29, 1.82) is 0 Å². The van der Waals surface area contributed by atoms with Crippen LogP contribution in [0.25, 0.3) is 0 Å². The number of carbonyl (C=O) groups is 2. The molecule has 0 aliphatic heterocycles. The van der Waals surface area contributed by atoms with Crippen LogP contribution in [0.5, 0.6) is 0 Å². The molecule has 86 valence electrons. The molecule has 0 aromatic carbocycles. The Bertz CT molecular complexity index is 283. The molecule has 0 N–H and O–H groups in total. The molecule has 15 heavy (non-hydrogen) atoms. The van der Waals surface area contributed by atoms with Gasteiger partial charge in [-0.05, 0) is 35.6 Å². The van der Waals surface area contributed by atoms with Gasteiger partial charge in [0.25, 0.3) is 0 Å². The van der Waals surface area contributed by atoms with Gasteiger partial charge in [0.1, 0.15) is 18.8 Å². The molecular weight excluding hydrogens is 328 g/mol. The molecule has 0 spiro atoms. The summed E-state index contributed by atoms with van der Waals surface area (Å²) in [6.07, 6.45) is -4.11. The maximum absolute atomic E-state index is 11.9. The Morgan fingerprint density at radius 2 is 1.93 bits per heavy atom. The third-order valence-corrected chi connectivity index (χ3v) is 2.22. The molecule has 7 heteroatoms. The highest BCUT2D eigenvalue weighted by Crippen LogP contribution is 2.30. The normalized spacial score (nSPS) is 12.5. The first-order valence-electron chi connectivity index (χ1n) is 3.81. The highest BCUT2D eigenvalue weighted by Gasteiger charge is 2.31. The fourth-order valence-electron chi connectivity index (χ4n) is 0.578. The Labute approximate surface area is 97.8 Å². The molecule has 0 atom stereocenters. The standard InChI is InChI=1S/C8H8F3IO3/c1-5(13)4-7(14)15-3-2-6(12)8(9,10)11/h2H,3-4H2,1H3/b6-2-. The van der Waals surface area contributed by atoms with Gasteiger partial charge in [0.15, 0.2) is 0 Å². The van der Waals surface area contributed by atoms with Crippen LogP contribution in [0.4, 0.5) is 13.2 Å². The number of carbonyl (C=O) groups excluding carboxylic acids is 2. The Morgan fingerprint density at radius 3 is 2.33 bits per heavy atom. The number of Topliss-reactive ketones (excluding diaryl/α,β-unsaturated/α-hetero) is 1. The molecule has 0 rings (SSSR count). The van der Waals surface area contributed by atoms with E-state index in [-0.39, 0.29) is 0 Å². The lowest BCUT2D eigenvalue weighted by Gasteiger charge is -2.04. The van der Waals surface area contributed by atoms with Crippen molar-refractivity contribution in [2.24, 2.45) is 0 Å². The number of esters is 1. The summed E-state index contributed by atoms with van der Waals surface area (Å²) in [4.78, 5) is 21.1. The van der Waals surface area contributed by atoms with Crippen molar-refractivity contribution in [2.75, 3.05) is 6.61 Å². The smallest absolute Gasteiger partial charge is 0.421 e. The summed E-state index contributed by atoms with van der Waals surface area (Å²) in [5.74, 6) is -1.22. The van der Waals surface area contributed by atoms with Crippen molar-refractivity contribution in [1.82, 2.24) is 0 Å². The maximum atomic E-state index is 11.9. The van der Waals surface area contributed by atoms with E-state index >= 15 is 0 Å². The van der Waals surface area contributed by atoms with E-state index in [1.54, 1.807) is 0 Å². The van der Waals surface area contributed by atoms with Crippen molar-refractivity contribution >= 4 is 34.3 Å². The molecule has 0 saturated carbocycles. The second kappa shape index (κ2) is 6.09. The molecule has 0 aliphatic carbocycles. The minimum atomic E-state index is -4.42. The van der Waals surface area contributed by atoms with Crippen LogP contribution in [-0.4, -0.2) is 24.5 Å². The summed E-state index contributed by atoms with van der Waals surface area (Å²) in [5, 5.41) is 0. The fraction of sp³-hybridized carbons (Fsp3) is 0.500. The predicted octanol–water partition coefficient (Wildman–Crippen LogP) is 2.39. The van der Waals surface area contributed by atoms with Crippen LogP contribution in [0.2, 0.25) is 0 Å². The predicted molar refractivity (Wildman–Crippen MR) is 54.4 cm³/mol. The summed E-state index contributed by atoms with van der Waals surface area (Å²) in [5.41, 5.74) is 0. The van der Waals surface area contributed by atoms with Crippen LogP contribution < -0.4 is 0 Å². The number of allylic oxidation sites excluding steroid dienone is 1. The average molecular weight is 336 g/mol. The van der Waals surface area contributed by atoms with E-state index in [1.807, 2.05) is 0 Å². The van der Waals surface area contributed by atoms with Gasteiger partial charge in [-0.1, -0.05) is 0 Å². The molecule has 0 aromatic heterocycles. The highest BCUT2D eigenvalue weighted by atomic mass is 127. The van der Waals surface area contributed by atoms with Gasteiger partial charge in [0.05, 0.1) is 3.58 Å². The highest BCUT2D eigenvalue weighted by molar-refractivity contribution is 14.1. The number of ether oxygens (including phenoxy) is 1. The minimum absolute atomic E-state index is 0.394. The summed E-state index contributed by atoms with van der Waals surface area (Å²) in [7, 11) is 0. The van der Waals surface area contributed by atoms with Crippen LogP contribution in [0.1, 0.15) is 13.3 Å². The zero-order valence-electron chi connectivity index (χ0n) is 7.73. The van der Waals surface area contributed by atoms with Crippen LogP contribution in [-0.2, 0) is 14.3 Å². The maximum Gasteiger partial charge on any atom is 0.421 e. The van der Waals surface area contributed by atoms with E-state index in [2.05, 4.69) is 4.74 Å². The monoisotopic (exact) mass is 336 g/mol. The van der Waals surface area contributed by atoms with Gasteiger partial charge in [-0.25, -0.2) is 0 Å². The van der Waals surface area contributed by atoms with E-state index < -0.39 is 34.5 Å². The third kappa shape index (κ3) is 7.34. The molecule has 0 radical (unpaired) electrons. The van der Waals surface area contributed by atoms with Crippen LogP contribution in [0.15, 0.2) is 9.66 Å². The fourth-order valence-corrected chi connectivity index (χ4v) is 0.758. The van der Waals surface area contributed by atoms with Gasteiger partial charge in [-0.3, -0.25) is 9.59 Å². The number of hydrogen-bond donors (Lipinski definition) is 0. The van der Waals surface area contributed by atoms with Crippen molar-refractivity contribution < 1.29 is 27.5 Å². The number of rotatable bonds is 4. The number of hydrogen-bond acceptors (Lipinski definition) is 3. The van der Waals surface area contributed by atoms with E-state index in [0.29, 0.717) is 0 Å². The largest absolute Gasteiger partial charge is 0.461 e. The Kier molecular flexibility index (Phi) is 5.84. The molecule has 0 saturated heterocycles. The first kappa shape index (κ1) is 14.4. The summed E-state index contributed by atoms with van der Waals surface area (Å²) in [6, 6.07) is 0. The Morgan fingerprint density at radius 1 is 1.40 bits per heavy atom. The van der Waals surface area contributed by atoms with Crippen molar-refractivity contribution in [3.63, 3.8) is 0 Å². The third-order valence-electron chi connectivity index (χ3n) is 1.17. The van der Waals surface area contributed by atoms with Gasteiger partial charge in [-0.15, -0.1) is 0 Å². The SMILES string of the molecule is CC(=O)CC(=O)OC/C=C(\I)C(F)(F)F. The molecule has 0 aromatic rings. The molecule has 0 bridgehead atoms. The van der Waals surface area contributed by atoms with Gasteiger partial charge in [0.2, 0.25) is 0 Å². The summed E-state index contributed by atoms with van der Waals surface area (Å²) >= 11 is 1.10. The first-order chi connectivity index (χ1) is 6.73. The van der Waals surface area contributed by atoms with Gasteiger partial charge in [-0.2, -0.15) is 13.2 Å².